The highest BCUT2D eigenvalue weighted by Crippen LogP contribution is 2.32. The molecule has 3 aromatic rings. The smallest absolute Gasteiger partial charge is 0.188 e. The van der Waals surface area contributed by atoms with Crippen LogP contribution in [-0.4, -0.2) is 32.0 Å². The van der Waals surface area contributed by atoms with Crippen molar-refractivity contribution in [1.29, 1.82) is 0 Å². The fourth-order valence-corrected chi connectivity index (χ4v) is 3.77. The van der Waals surface area contributed by atoms with Gasteiger partial charge in [-0.3, -0.25) is 0 Å². The molecule has 1 aromatic heterocycles. The van der Waals surface area contributed by atoms with Gasteiger partial charge in [0.15, 0.2) is 5.82 Å². The molecule has 1 aliphatic rings. The summed E-state index contributed by atoms with van der Waals surface area (Å²) in [5, 5.41) is 14.6. The highest BCUT2D eigenvalue weighted by atomic mass is 19.1. The van der Waals surface area contributed by atoms with Crippen molar-refractivity contribution in [2.75, 3.05) is 0 Å². The molecule has 1 heterocycles. The molecule has 1 fully saturated rings. The number of nitrogens with two attached hydrogens (primary N) is 1. The summed E-state index contributed by atoms with van der Waals surface area (Å²) < 4.78 is 20.9. The molecule has 6 nitrogen and oxygen atoms in total. The fraction of sp³-hybridized carbons (Fsp3) is 0.364. The highest BCUT2D eigenvalue weighted by molar-refractivity contribution is 5.22. The Balaban J connectivity index is 1.56. The largest absolute Gasteiger partial charge is 0.485 e. The van der Waals surface area contributed by atoms with Crippen LogP contribution in [0.3, 0.4) is 0 Å². The van der Waals surface area contributed by atoms with E-state index in [1.54, 1.807) is 12.1 Å². The van der Waals surface area contributed by atoms with Gasteiger partial charge in [-0.05, 0) is 37.0 Å². The number of halogens is 1. The van der Waals surface area contributed by atoms with Gasteiger partial charge in [0.05, 0.1) is 12.6 Å². The molecule has 1 aliphatic carbocycles. The van der Waals surface area contributed by atoms with E-state index in [0.29, 0.717) is 31.0 Å². The van der Waals surface area contributed by atoms with E-state index >= 15 is 0 Å². The maximum atomic E-state index is 13.4. The average molecular weight is 396 g/mol. The minimum Gasteiger partial charge on any atom is -0.485 e. The highest BCUT2D eigenvalue weighted by Gasteiger charge is 2.31. The second kappa shape index (κ2) is 8.71. The van der Waals surface area contributed by atoms with E-state index in [4.69, 9.17) is 15.5 Å². The van der Waals surface area contributed by atoms with Gasteiger partial charge in [0.2, 0.25) is 0 Å². The molecule has 1 saturated carbocycles. The molecule has 0 spiro atoms. The van der Waals surface area contributed by atoms with Crippen LogP contribution in [0.15, 0.2) is 54.6 Å². The van der Waals surface area contributed by atoms with Crippen molar-refractivity contribution >= 4 is 0 Å². The van der Waals surface area contributed by atoms with E-state index in [-0.39, 0.29) is 24.4 Å². The molecule has 0 unspecified atom stereocenters. The van der Waals surface area contributed by atoms with Crippen molar-refractivity contribution in [3.63, 3.8) is 0 Å². The lowest BCUT2D eigenvalue weighted by Crippen LogP contribution is -2.40. The average Bonchev–Trinajstić information content (AvgIpc) is 3.12. The van der Waals surface area contributed by atoms with E-state index in [0.717, 1.165) is 17.8 Å². The van der Waals surface area contributed by atoms with Crippen molar-refractivity contribution in [1.82, 2.24) is 14.8 Å². The zero-order valence-electron chi connectivity index (χ0n) is 16.1. The molecule has 0 radical (unpaired) electrons. The third-order valence-electron chi connectivity index (χ3n) is 5.31. The molecule has 0 aliphatic heterocycles. The lowest BCUT2D eigenvalue weighted by Gasteiger charge is -2.30. The zero-order valence-corrected chi connectivity index (χ0v) is 16.1. The number of hydrogen-bond acceptors (Lipinski definition) is 5. The van der Waals surface area contributed by atoms with Crippen molar-refractivity contribution in [2.24, 2.45) is 5.73 Å². The molecular formula is C22H25FN4O2. The Hall–Kier alpha value is -2.77. The number of nitrogens with zero attached hydrogens (tertiary/aromatic N) is 3. The third-order valence-corrected chi connectivity index (χ3v) is 5.31. The van der Waals surface area contributed by atoms with E-state index in [9.17, 15) is 9.50 Å². The first-order valence-electron chi connectivity index (χ1n) is 9.88. The number of hydrogen-bond donors (Lipinski definition) is 2. The number of ether oxygens (including phenoxy) is 1. The Bertz CT molecular complexity index is 947. The van der Waals surface area contributed by atoms with Gasteiger partial charge in [0.1, 0.15) is 24.0 Å². The third kappa shape index (κ3) is 4.81. The molecule has 3 atom stereocenters. The summed E-state index contributed by atoms with van der Waals surface area (Å²) in [5.41, 5.74) is 7.22. The van der Waals surface area contributed by atoms with Gasteiger partial charge in [-0.1, -0.05) is 36.4 Å². The minimum atomic E-state index is -0.465. The first kappa shape index (κ1) is 19.5. The van der Waals surface area contributed by atoms with Gasteiger partial charge in [-0.25, -0.2) is 14.1 Å². The van der Waals surface area contributed by atoms with Crippen molar-refractivity contribution in [3.8, 4) is 5.75 Å². The molecule has 2 aromatic carbocycles. The Morgan fingerprint density at radius 3 is 2.72 bits per heavy atom. The van der Waals surface area contributed by atoms with Crippen molar-refractivity contribution < 1.29 is 14.2 Å². The molecule has 0 bridgehead atoms. The number of aromatic nitrogens is 3. The van der Waals surface area contributed by atoms with Crippen LogP contribution < -0.4 is 10.5 Å². The monoisotopic (exact) mass is 396 g/mol. The van der Waals surface area contributed by atoms with E-state index < -0.39 is 6.10 Å². The summed E-state index contributed by atoms with van der Waals surface area (Å²) in [7, 11) is 0. The topological polar surface area (TPSA) is 86.2 Å². The second-order valence-electron chi connectivity index (χ2n) is 7.52. The van der Waals surface area contributed by atoms with Gasteiger partial charge < -0.3 is 15.6 Å². The minimum absolute atomic E-state index is 0.132. The van der Waals surface area contributed by atoms with Crippen molar-refractivity contribution in [3.05, 3.63) is 77.6 Å². The van der Waals surface area contributed by atoms with Crippen LogP contribution in [0.2, 0.25) is 0 Å². The van der Waals surface area contributed by atoms with Crippen molar-refractivity contribution in [2.45, 2.75) is 50.5 Å². The Morgan fingerprint density at radius 2 is 1.97 bits per heavy atom. The molecule has 0 amide bonds. The molecule has 29 heavy (non-hydrogen) atoms. The molecular weight excluding hydrogens is 371 g/mol. The standard InChI is InChI=1S/C22H25FN4O2/c23-17-7-4-8-18(12-17)29-14-21-25-22(16-9-10-20(28)19(24)11-16)27(26-21)13-15-5-2-1-3-6-15/h1-8,12,16,19-20,28H,9-11,13-14,24H2/t16-,19+,20+/m0/s1. The van der Waals surface area contributed by atoms with E-state index in [1.807, 2.05) is 35.0 Å². The van der Waals surface area contributed by atoms with Crippen LogP contribution in [-0.2, 0) is 13.2 Å². The molecule has 3 N–H and O–H groups in total. The predicted molar refractivity (Wildman–Crippen MR) is 107 cm³/mol. The number of aliphatic hydroxyl groups is 1. The molecule has 4 rings (SSSR count). The summed E-state index contributed by atoms with van der Waals surface area (Å²) in [6.07, 6.45) is 1.66. The van der Waals surface area contributed by atoms with Gasteiger partial charge >= 0.3 is 0 Å². The van der Waals surface area contributed by atoms with Crippen LogP contribution in [0.1, 0.15) is 42.4 Å². The lowest BCUT2D eigenvalue weighted by molar-refractivity contribution is 0.0985. The van der Waals surface area contributed by atoms with Gasteiger partial charge in [0.25, 0.3) is 0 Å². The maximum Gasteiger partial charge on any atom is 0.188 e. The molecule has 152 valence electrons. The summed E-state index contributed by atoms with van der Waals surface area (Å²) in [6, 6.07) is 15.8. The van der Waals surface area contributed by atoms with Gasteiger partial charge in [-0.15, -0.1) is 0 Å². The quantitative estimate of drug-likeness (QED) is 0.669. The predicted octanol–water partition coefficient (Wildman–Crippen LogP) is 3.00. The SMILES string of the molecule is N[C@@H]1C[C@@H](c2nc(COc3cccc(F)c3)nn2Cc2ccccc2)CC[C@H]1O. The number of rotatable bonds is 6. The van der Waals surface area contributed by atoms with Crippen LogP contribution in [0.4, 0.5) is 4.39 Å². The normalized spacial score (nSPS) is 21.8. The molecule has 0 saturated heterocycles. The fourth-order valence-electron chi connectivity index (χ4n) is 3.77. The Kier molecular flexibility index (Phi) is 5.87. The summed E-state index contributed by atoms with van der Waals surface area (Å²) in [5.74, 6) is 1.62. The Labute approximate surface area is 169 Å². The van der Waals surface area contributed by atoms with Crippen LogP contribution in [0.5, 0.6) is 5.75 Å². The first-order valence-corrected chi connectivity index (χ1v) is 9.88. The van der Waals surface area contributed by atoms with E-state index in [2.05, 4.69) is 5.10 Å². The van der Waals surface area contributed by atoms with Crippen LogP contribution >= 0.6 is 0 Å². The maximum absolute atomic E-state index is 13.4. The van der Waals surface area contributed by atoms with Gasteiger partial charge in [-0.2, -0.15) is 5.10 Å². The second-order valence-corrected chi connectivity index (χ2v) is 7.52. The lowest BCUT2D eigenvalue weighted by atomic mass is 9.83. The molecule has 7 heteroatoms. The summed E-state index contributed by atoms with van der Waals surface area (Å²) >= 11 is 0. The van der Waals surface area contributed by atoms with E-state index in [1.165, 1.54) is 12.1 Å². The number of benzene rings is 2. The van der Waals surface area contributed by atoms with Crippen LogP contribution in [0.25, 0.3) is 0 Å². The summed E-state index contributed by atoms with van der Waals surface area (Å²) in [6.45, 7) is 0.747. The number of aliphatic hydroxyl groups excluding tert-OH is 1. The van der Waals surface area contributed by atoms with Gasteiger partial charge in [0, 0.05) is 18.0 Å². The first-order chi connectivity index (χ1) is 14.1. The Morgan fingerprint density at radius 1 is 1.14 bits per heavy atom. The zero-order chi connectivity index (χ0) is 20.2. The summed E-state index contributed by atoms with van der Waals surface area (Å²) in [4.78, 5) is 4.72. The van der Waals surface area contributed by atoms with Crippen LogP contribution in [0, 0.1) is 5.82 Å².